The number of morpholine rings is 1. The van der Waals surface area contributed by atoms with Gasteiger partial charge >= 0.3 is 0 Å². The third-order valence-corrected chi connectivity index (χ3v) is 7.02. The summed E-state index contributed by atoms with van der Waals surface area (Å²) in [5, 5.41) is 0. The number of nitrogens with zero attached hydrogens (tertiary/aromatic N) is 3. The summed E-state index contributed by atoms with van der Waals surface area (Å²) in [7, 11) is 0. The smallest absolute Gasteiger partial charge is 0.256 e. The van der Waals surface area contributed by atoms with Gasteiger partial charge in [-0.1, -0.05) is 18.2 Å². The summed E-state index contributed by atoms with van der Waals surface area (Å²) >= 11 is 0. The summed E-state index contributed by atoms with van der Waals surface area (Å²) in [5.74, 6) is 1.03. The minimum absolute atomic E-state index is 0.00358. The zero-order valence-electron chi connectivity index (χ0n) is 19.4. The van der Waals surface area contributed by atoms with Gasteiger partial charge in [0.05, 0.1) is 26.2 Å². The Hall–Kier alpha value is -2.12. The average molecular weight is 444 g/mol. The molecule has 3 aliphatic heterocycles. The quantitative estimate of drug-likeness (QED) is 0.718. The van der Waals surface area contributed by atoms with E-state index in [2.05, 4.69) is 11.0 Å². The maximum atomic E-state index is 13.7. The lowest BCUT2D eigenvalue weighted by Crippen LogP contribution is -2.62. The van der Waals surface area contributed by atoms with Crippen molar-refractivity contribution in [1.82, 2.24) is 14.7 Å². The third kappa shape index (κ3) is 5.26. The number of aryl methyl sites for hydroxylation is 1. The van der Waals surface area contributed by atoms with E-state index in [1.807, 2.05) is 34.9 Å². The predicted octanol–water partition coefficient (Wildman–Crippen LogP) is 2.33. The Labute approximate surface area is 191 Å². The normalized spacial score (nSPS) is 25.7. The first-order valence-electron chi connectivity index (χ1n) is 12.3. The number of ether oxygens (including phenoxy) is 2. The van der Waals surface area contributed by atoms with Crippen LogP contribution in [0.2, 0.25) is 0 Å². The van der Waals surface area contributed by atoms with E-state index in [0.717, 1.165) is 50.9 Å². The van der Waals surface area contributed by atoms with Gasteiger partial charge in [-0.25, -0.2) is 0 Å². The molecule has 7 nitrogen and oxygen atoms in total. The molecule has 2 saturated heterocycles. The van der Waals surface area contributed by atoms with Crippen LogP contribution in [0.3, 0.4) is 0 Å². The number of likely N-dealkylation sites (N-methyl/N-ethyl adjacent to an activating group) is 1. The third-order valence-electron chi connectivity index (χ3n) is 7.02. The average Bonchev–Trinajstić information content (AvgIpc) is 3.32. The number of hydrogen-bond acceptors (Lipinski definition) is 5. The van der Waals surface area contributed by atoms with Crippen molar-refractivity contribution in [1.29, 1.82) is 0 Å². The van der Waals surface area contributed by atoms with Crippen LogP contribution in [-0.4, -0.2) is 91.1 Å². The molecular formula is C25H37N3O4. The van der Waals surface area contributed by atoms with E-state index >= 15 is 0 Å². The van der Waals surface area contributed by atoms with E-state index < -0.39 is 5.60 Å². The second-order valence-electron chi connectivity index (χ2n) is 9.19. The number of rotatable bonds is 3. The molecular weight excluding hydrogens is 406 g/mol. The van der Waals surface area contributed by atoms with Crippen molar-refractivity contribution in [2.45, 2.75) is 51.0 Å². The highest BCUT2D eigenvalue weighted by atomic mass is 16.5. The minimum atomic E-state index is -0.951. The number of amides is 2. The van der Waals surface area contributed by atoms with Gasteiger partial charge in [-0.15, -0.1) is 0 Å². The Balaban J connectivity index is 1.50. The minimum Gasteiger partial charge on any atom is -0.491 e. The van der Waals surface area contributed by atoms with E-state index in [0.29, 0.717) is 52.4 Å². The zero-order chi connectivity index (χ0) is 22.4. The number of hydrogen-bond donors (Lipinski definition) is 0. The summed E-state index contributed by atoms with van der Waals surface area (Å²) in [5.41, 5.74) is 0.261. The highest BCUT2D eigenvalue weighted by Gasteiger charge is 2.46. The van der Waals surface area contributed by atoms with Crippen LogP contribution in [0.5, 0.6) is 5.75 Å². The summed E-state index contributed by atoms with van der Waals surface area (Å²) in [4.78, 5) is 32.7. The number of carbonyl (C=O) groups is 2. The Morgan fingerprint density at radius 2 is 1.84 bits per heavy atom. The molecule has 3 aliphatic rings. The highest BCUT2D eigenvalue weighted by Crippen LogP contribution is 2.29. The van der Waals surface area contributed by atoms with Crippen LogP contribution >= 0.6 is 0 Å². The summed E-state index contributed by atoms with van der Waals surface area (Å²) < 4.78 is 12.3. The largest absolute Gasteiger partial charge is 0.491 e. The predicted molar refractivity (Wildman–Crippen MR) is 123 cm³/mol. The van der Waals surface area contributed by atoms with Gasteiger partial charge in [0.25, 0.3) is 5.91 Å². The second-order valence-corrected chi connectivity index (χ2v) is 9.19. The zero-order valence-corrected chi connectivity index (χ0v) is 19.4. The summed E-state index contributed by atoms with van der Waals surface area (Å²) in [6.07, 6.45) is 5.69. The Bertz CT molecular complexity index is 795. The van der Waals surface area contributed by atoms with Gasteiger partial charge in [-0.2, -0.15) is 0 Å². The van der Waals surface area contributed by atoms with Crippen LogP contribution in [0.25, 0.3) is 0 Å². The van der Waals surface area contributed by atoms with E-state index in [4.69, 9.17) is 9.47 Å². The first-order chi connectivity index (χ1) is 15.6. The van der Waals surface area contributed by atoms with E-state index in [1.165, 1.54) is 5.56 Å². The fourth-order valence-corrected chi connectivity index (χ4v) is 5.15. The molecule has 1 atom stereocenters. The molecule has 0 radical (unpaired) electrons. The van der Waals surface area contributed by atoms with Crippen molar-refractivity contribution in [2.24, 2.45) is 0 Å². The monoisotopic (exact) mass is 443 g/mol. The number of likely N-dealkylation sites (tertiary alicyclic amines) is 1. The van der Waals surface area contributed by atoms with E-state index in [9.17, 15) is 9.59 Å². The van der Waals surface area contributed by atoms with Gasteiger partial charge in [-0.05, 0) is 70.2 Å². The molecule has 0 aliphatic carbocycles. The standard InChI is InChI=1S/C25H37N3O4/c1-2-27-15-17-31-22-11-4-3-9-21(22)10-5-6-12-25(24(27)30)20-28(16-18-32-25)23(29)19-26-13-7-8-14-26/h3-4,9,11H,2,5-8,10,12-20H2,1H3. The van der Waals surface area contributed by atoms with Crippen molar-refractivity contribution >= 4 is 11.8 Å². The lowest BCUT2D eigenvalue weighted by atomic mass is 9.91. The second kappa shape index (κ2) is 10.7. The van der Waals surface area contributed by atoms with Crippen molar-refractivity contribution in [2.75, 3.05) is 59.0 Å². The molecule has 32 heavy (non-hydrogen) atoms. The van der Waals surface area contributed by atoms with E-state index in [1.54, 1.807) is 0 Å². The molecule has 3 heterocycles. The molecule has 176 valence electrons. The van der Waals surface area contributed by atoms with Crippen LogP contribution in [0.1, 0.15) is 44.6 Å². The maximum absolute atomic E-state index is 13.7. The van der Waals surface area contributed by atoms with Gasteiger partial charge in [0, 0.05) is 13.1 Å². The maximum Gasteiger partial charge on any atom is 0.256 e. The number of fused-ring (bicyclic) bond motifs is 1. The summed E-state index contributed by atoms with van der Waals surface area (Å²) in [6, 6.07) is 8.17. The summed E-state index contributed by atoms with van der Waals surface area (Å²) in [6.45, 7) is 7.30. The number of benzene rings is 1. The van der Waals surface area contributed by atoms with Crippen LogP contribution < -0.4 is 4.74 Å². The van der Waals surface area contributed by atoms with Crippen LogP contribution in [0, 0.1) is 0 Å². The lowest BCUT2D eigenvalue weighted by molar-refractivity contribution is -0.176. The van der Waals surface area contributed by atoms with Gasteiger partial charge in [0.2, 0.25) is 5.91 Å². The molecule has 0 saturated carbocycles. The Kier molecular flexibility index (Phi) is 7.68. The van der Waals surface area contributed by atoms with Crippen molar-refractivity contribution in [3.8, 4) is 5.75 Å². The number of para-hydroxylation sites is 1. The molecule has 1 aromatic rings. The van der Waals surface area contributed by atoms with Crippen LogP contribution in [0.15, 0.2) is 24.3 Å². The van der Waals surface area contributed by atoms with Crippen molar-refractivity contribution < 1.29 is 19.1 Å². The van der Waals surface area contributed by atoms with Gasteiger partial charge < -0.3 is 19.3 Å². The molecule has 7 heteroatoms. The first kappa shape index (κ1) is 23.1. The first-order valence-corrected chi connectivity index (χ1v) is 12.3. The Morgan fingerprint density at radius 1 is 1.03 bits per heavy atom. The van der Waals surface area contributed by atoms with Crippen LogP contribution in [-0.2, 0) is 20.7 Å². The lowest BCUT2D eigenvalue weighted by Gasteiger charge is -2.44. The van der Waals surface area contributed by atoms with Gasteiger partial charge in [0.1, 0.15) is 12.4 Å². The van der Waals surface area contributed by atoms with Gasteiger partial charge in [-0.3, -0.25) is 14.5 Å². The molecule has 0 aromatic heterocycles. The molecule has 2 amide bonds. The SMILES string of the molecule is CCN1CCOc2ccccc2CCCCC2(CN(C(=O)CN3CCCC3)CCO2)C1=O. The number of carbonyl (C=O) groups excluding carboxylic acids is 2. The fraction of sp³-hybridized carbons (Fsp3) is 0.680. The molecule has 2 fully saturated rings. The fourth-order valence-electron chi connectivity index (χ4n) is 5.15. The van der Waals surface area contributed by atoms with Gasteiger partial charge in [0.15, 0.2) is 5.60 Å². The molecule has 0 bridgehead atoms. The molecule has 1 unspecified atom stereocenters. The Morgan fingerprint density at radius 3 is 2.66 bits per heavy atom. The van der Waals surface area contributed by atoms with Crippen LogP contribution in [0.4, 0.5) is 0 Å². The van der Waals surface area contributed by atoms with E-state index in [-0.39, 0.29) is 11.8 Å². The molecule has 1 spiro atoms. The van der Waals surface area contributed by atoms with Crippen molar-refractivity contribution in [3.63, 3.8) is 0 Å². The molecule has 1 aromatic carbocycles. The van der Waals surface area contributed by atoms with Crippen molar-refractivity contribution in [3.05, 3.63) is 29.8 Å². The molecule has 4 rings (SSSR count). The topological polar surface area (TPSA) is 62.3 Å². The highest BCUT2D eigenvalue weighted by molar-refractivity contribution is 5.87. The molecule has 0 N–H and O–H groups in total.